The van der Waals surface area contributed by atoms with Gasteiger partial charge in [0.25, 0.3) is 5.22 Å². The van der Waals surface area contributed by atoms with Crippen molar-refractivity contribution in [2.75, 3.05) is 18.2 Å². The van der Waals surface area contributed by atoms with E-state index in [1.807, 2.05) is 36.4 Å². The molecule has 28 heavy (non-hydrogen) atoms. The van der Waals surface area contributed by atoms with Gasteiger partial charge in [0.15, 0.2) is 0 Å². The maximum absolute atomic E-state index is 12.2. The Balaban J connectivity index is 1.52. The Morgan fingerprint density at radius 1 is 1.14 bits per heavy atom. The lowest BCUT2D eigenvalue weighted by Crippen LogP contribution is -2.14. The Kier molecular flexibility index (Phi) is 6.71. The Morgan fingerprint density at radius 2 is 1.86 bits per heavy atom. The molecule has 1 heterocycles. The highest BCUT2D eigenvalue weighted by Crippen LogP contribution is 2.25. The lowest BCUT2D eigenvalue weighted by Gasteiger charge is -2.10. The molecule has 1 N–H and O–H groups in total. The van der Waals surface area contributed by atoms with Gasteiger partial charge in [0.2, 0.25) is 11.8 Å². The van der Waals surface area contributed by atoms with Crippen molar-refractivity contribution in [3.05, 3.63) is 54.1 Å². The summed E-state index contributed by atoms with van der Waals surface area (Å²) in [5, 5.41) is 11.3. The fourth-order valence-electron chi connectivity index (χ4n) is 2.57. The molecule has 146 valence electrons. The van der Waals surface area contributed by atoms with Gasteiger partial charge < -0.3 is 14.5 Å². The SMILES string of the molecule is CC[C@@H](C)c1ccc(NC(=O)CSc2nnc(-c3ccc(OC)cc3)o2)cc1. The predicted octanol–water partition coefficient (Wildman–Crippen LogP) is 4.99. The molecule has 0 saturated carbocycles. The van der Waals surface area contributed by atoms with Gasteiger partial charge in [-0.25, -0.2) is 0 Å². The van der Waals surface area contributed by atoms with Crippen LogP contribution in [0.4, 0.5) is 5.69 Å². The molecule has 0 bridgehead atoms. The number of benzene rings is 2. The quantitative estimate of drug-likeness (QED) is 0.540. The van der Waals surface area contributed by atoms with Gasteiger partial charge in [-0.05, 0) is 54.3 Å². The third-order valence-corrected chi connectivity index (χ3v) is 5.26. The van der Waals surface area contributed by atoms with Gasteiger partial charge in [-0.3, -0.25) is 4.79 Å². The first-order chi connectivity index (χ1) is 13.6. The van der Waals surface area contributed by atoms with Crippen molar-refractivity contribution >= 4 is 23.4 Å². The van der Waals surface area contributed by atoms with E-state index in [-0.39, 0.29) is 11.7 Å². The smallest absolute Gasteiger partial charge is 0.277 e. The molecule has 0 radical (unpaired) electrons. The average Bonchev–Trinajstić information content (AvgIpc) is 3.21. The number of anilines is 1. The zero-order valence-corrected chi connectivity index (χ0v) is 17.0. The van der Waals surface area contributed by atoms with Crippen LogP contribution in [-0.2, 0) is 4.79 Å². The Bertz CT molecular complexity index is 907. The van der Waals surface area contributed by atoms with E-state index in [0.29, 0.717) is 17.0 Å². The van der Waals surface area contributed by atoms with E-state index in [1.54, 1.807) is 7.11 Å². The summed E-state index contributed by atoms with van der Waals surface area (Å²) in [6, 6.07) is 15.3. The number of hydrogen-bond donors (Lipinski definition) is 1. The van der Waals surface area contributed by atoms with Crippen LogP contribution in [0.15, 0.2) is 58.2 Å². The van der Waals surface area contributed by atoms with Gasteiger partial charge in [-0.15, -0.1) is 10.2 Å². The molecule has 0 unspecified atom stereocenters. The Labute approximate surface area is 168 Å². The number of nitrogens with zero attached hydrogens (tertiary/aromatic N) is 2. The highest BCUT2D eigenvalue weighted by atomic mass is 32.2. The number of carbonyl (C=O) groups is 1. The van der Waals surface area contributed by atoms with Crippen molar-refractivity contribution < 1.29 is 13.9 Å². The molecule has 0 saturated heterocycles. The minimum absolute atomic E-state index is 0.120. The van der Waals surface area contributed by atoms with Crippen LogP contribution in [0.25, 0.3) is 11.5 Å². The van der Waals surface area contributed by atoms with E-state index >= 15 is 0 Å². The number of aromatic nitrogens is 2. The number of amides is 1. The molecule has 3 rings (SSSR count). The zero-order valence-electron chi connectivity index (χ0n) is 16.1. The number of carbonyl (C=O) groups excluding carboxylic acids is 1. The van der Waals surface area contributed by atoms with E-state index in [4.69, 9.17) is 9.15 Å². The second-order valence-electron chi connectivity index (χ2n) is 6.37. The Morgan fingerprint density at radius 3 is 2.50 bits per heavy atom. The van der Waals surface area contributed by atoms with Crippen LogP contribution in [0.3, 0.4) is 0 Å². The van der Waals surface area contributed by atoms with E-state index < -0.39 is 0 Å². The van der Waals surface area contributed by atoms with Crippen molar-refractivity contribution in [1.82, 2.24) is 10.2 Å². The summed E-state index contributed by atoms with van der Waals surface area (Å²) in [5.41, 5.74) is 2.85. The summed E-state index contributed by atoms with van der Waals surface area (Å²) in [5.74, 6) is 1.75. The van der Waals surface area contributed by atoms with Crippen LogP contribution < -0.4 is 10.1 Å². The second-order valence-corrected chi connectivity index (χ2v) is 7.30. The molecule has 0 aliphatic carbocycles. The van der Waals surface area contributed by atoms with Crippen LogP contribution >= 0.6 is 11.8 Å². The first-order valence-electron chi connectivity index (χ1n) is 9.09. The molecular formula is C21H23N3O3S. The fraction of sp³-hybridized carbons (Fsp3) is 0.286. The standard InChI is InChI=1S/C21H23N3O3S/c1-4-14(2)15-5-9-17(10-6-15)22-19(25)13-28-21-24-23-20(27-21)16-7-11-18(26-3)12-8-16/h5-12,14H,4,13H2,1-3H3,(H,22,25)/t14-/m1/s1. The van der Waals surface area contributed by atoms with Gasteiger partial charge in [0, 0.05) is 11.3 Å². The third-order valence-electron chi connectivity index (χ3n) is 4.45. The van der Waals surface area contributed by atoms with Crippen molar-refractivity contribution in [3.8, 4) is 17.2 Å². The molecule has 1 atom stereocenters. The Hall–Kier alpha value is -2.80. The fourth-order valence-corrected chi connectivity index (χ4v) is 3.14. The summed E-state index contributed by atoms with van der Waals surface area (Å²) in [6.07, 6.45) is 1.09. The van der Waals surface area contributed by atoms with Crippen LogP contribution in [-0.4, -0.2) is 29.0 Å². The molecule has 0 fully saturated rings. The van der Waals surface area contributed by atoms with Crippen LogP contribution in [0.5, 0.6) is 5.75 Å². The highest BCUT2D eigenvalue weighted by Gasteiger charge is 2.12. The highest BCUT2D eigenvalue weighted by molar-refractivity contribution is 7.99. The monoisotopic (exact) mass is 397 g/mol. The molecular weight excluding hydrogens is 374 g/mol. The number of hydrogen-bond acceptors (Lipinski definition) is 6. The van der Waals surface area contributed by atoms with Gasteiger partial charge in [-0.2, -0.15) is 0 Å². The first-order valence-corrected chi connectivity index (χ1v) is 10.1. The molecule has 1 aromatic heterocycles. The number of rotatable bonds is 8. The van der Waals surface area contributed by atoms with Crippen molar-refractivity contribution in [2.24, 2.45) is 0 Å². The normalized spacial score (nSPS) is 11.8. The summed E-state index contributed by atoms with van der Waals surface area (Å²) in [7, 11) is 1.61. The van der Waals surface area contributed by atoms with Gasteiger partial charge >= 0.3 is 0 Å². The van der Waals surface area contributed by atoms with Crippen LogP contribution in [0.2, 0.25) is 0 Å². The predicted molar refractivity (Wildman–Crippen MR) is 111 cm³/mol. The topological polar surface area (TPSA) is 77.2 Å². The van der Waals surface area contributed by atoms with E-state index in [2.05, 4.69) is 41.5 Å². The largest absolute Gasteiger partial charge is 0.497 e. The molecule has 7 heteroatoms. The summed E-state index contributed by atoms with van der Waals surface area (Å²) in [4.78, 5) is 12.2. The van der Waals surface area contributed by atoms with E-state index in [9.17, 15) is 4.79 Å². The number of ether oxygens (including phenoxy) is 1. The summed E-state index contributed by atoms with van der Waals surface area (Å²) in [6.45, 7) is 4.35. The maximum atomic E-state index is 12.2. The van der Waals surface area contributed by atoms with E-state index in [0.717, 1.165) is 23.4 Å². The number of thioether (sulfide) groups is 1. The lowest BCUT2D eigenvalue weighted by atomic mass is 9.99. The molecule has 0 aliphatic heterocycles. The number of methoxy groups -OCH3 is 1. The van der Waals surface area contributed by atoms with Gasteiger partial charge in [0.05, 0.1) is 12.9 Å². The van der Waals surface area contributed by atoms with Gasteiger partial charge in [-0.1, -0.05) is 37.7 Å². The van der Waals surface area contributed by atoms with E-state index in [1.165, 1.54) is 17.3 Å². The van der Waals surface area contributed by atoms with Crippen molar-refractivity contribution in [2.45, 2.75) is 31.4 Å². The number of nitrogens with one attached hydrogen (secondary N) is 1. The summed E-state index contributed by atoms with van der Waals surface area (Å²) >= 11 is 1.21. The molecule has 3 aromatic rings. The lowest BCUT2D eigenvalue weighted by molar-refractivity contribution is -0.113. The molecule has 0 aliphatic rings. The molecule has 0 spiro atoms. The van der Waals surface area contributed by atoms with Crippen molar-refractivity contribution in [1.29, 1.82) is 0 Å². The molecule has 2 aromatic carbocycles. The zero-order chi connectivity index (χ0) is 19.9. The van der Waals surface area contributed by atoms with Gasteiger partial charge in [0.1, 0.15) is 5.75 Å². The van der Waals surface area contributed by atoms with Crippen LogP contribution in [0.1, 0.15) is 31.7 Å². The minimum atomic E-state index is -0.120. The first kappa shape index (κ1) is 19.9. The maximum Gasteiger partial charge on any atom is 0.277 e. The third kappa shape index (κ3) is 5.13. The average molecular weight is 398 g/mol. The van der Waals surface area contributed by atoms with Crippen LogP contribution in [0, 0.1) is 0 Å². The summed E-state index contributed by atoms with van der Waals surface area (Å²) < 4.78 is 10.8. The minimum Gasteiger partial charge on any atom is -0.497 e. The second kappa shape index (κ2) is 9.41. The van der Waals surface area contributed by atoms with Crippen molar-refractivity contribution in [3.63, 3.8) is 0 Å². The molecule has 1 amide bonds. The molecule has 6 nitrogen and oxygen atoms in total.